The van der Waals surface area contributed by atoms with Crippen LogP contribution in [0.2, 0.25) is 10.0 Å². The molecular formula is C18H19Cl2NO3. The monoisotopic (exact) mass is 367 g/mol. The van der Waals surface area contributed by atoms with E-state index >= 15 is 0 Å². The van der Waals surface area contributed by atoms with Gasteiger partial charge in [0.05, 0.1) is 16.7 Å². The van der Waals surface area contributed by atoms with Crippen molar-refractivity contribution >= 4 is 34.8 Å². The molecule has 128 valence electrons. The molecule has 0 aromatic heterocycles. The molecule has 0 radical (unpaired) electrons. The normalized spacial score (nSPS) is 10.3. The van der Waals surface area contributed by atoms with E-state index in [-0.39, 0.29) is 12.5 Å². The minimum Gasteiger partial charge on any atom is -0.493 e. The number of amides is 1. The molecule has 0 aliphatic rings. The molecule has 2 rings (SSSR count). The highest BCUT2D eigenvalue weighted by atomic mass is 35.5. The van der Waals surface area contributed by atoms with Gasteiger partial charge in [-0.3, -0.25) is 4.79 Å². The average molecular weight is 368 g/mol. The maximum Gasteiger partial charge on any atom is 0.262 e. The molecule has 1 N–H and O–H groups in total. The molecule has 0 fully saturated rings. The van der Waals surface area contributed by atoms with Crippen molar-refractivity contribution in [2.45, 2.75) is 19.8 Å². The van der Waals surface area contributed by atoms with Crippen LogP contribution in [0.4, 0.5) is 5.69 Å². The van der Waals surface area contributed by atoms with Gasteiger partial charge in [-0.2, -0.15) is 0 Å². The molecule has 1 amide bonds. The van der Waals surface area contributed by atoms with Crippen LogP contribution in [0.5, 0.6) is 11.5 Å². The van der Waals surface area contributed by atoms with E-state index in [1.165, 1.54) is 0 Å². The lowest BCUT2D eigenvalue weighted by atomic mass is 10.3. The van der Waals surface area contributed by atoms with Gasteiger partial charge in [-0.1, -0.05) is 42.6 Å². The highest BCUT2D eigenvalue weighted by Crippen LogP contribution is 2.25. The van der Waals surface area contributed by atoms with Crippen LogP contribution in [-0.4, -0.2) is 19.1 Å². The third-order valence-corrected chi connectivity index (χ3v) is 3.88. The van der Waals surface area contributed by atoms with Crippen LogP contribution in [-0.2, 0) is 4.79 Å². The molecule has 0 bridgehead atoms. The number of ether oxygens (including phenoxy) is 2. The van der Waals surface area contributed by atoms with E-state index in [1.54, 1.807) is 30.3 Å². The van der Waals surface area contributed by atoms with E-state index < -0.39 is 0 Å². The zero-order valence-corrected chi connectivity index (χ0v) is 14.9. The number of benzene rings is 2. The number of nitrogens with one attached hydrogen (secondary N) is 1. The maximum absolute atomic E-state index is 11.9. The molecule has 0 atom stereocenters. The van der Waals surface area contributed by atoms with Crippen molar-refractivity contribution in [2.75, 3.05) is 18.5 Å². The van der Waals surface area contributed by atoms with Crippen LogP contribution in [0.3, 0.4) is 0 Å². The number of rotatable bonds is 8. The number of carbonyl (C=O) groups excluding carboxylic acids is 1. The van der Waals surface area contributed by atoms with Gasteiger partial charge in [0.1, 0.15) is 11.5 Å². The van der Waals surface area contributed by atoms with Crippen LogP contribution in [0.25, 0.3) is 0 Å². The average Bonchev–Trinajstić information content (AvgIpc) is 2.57. The SMILES string of the molecule is CCCCOc1cccc(OCC(=O)Nc2ccc(Cl)c(Cl)c2)c1. The Morgan fingerprint density at radius 1 is 1.04 bits per heavy atom. The van der Waals surface area contributed by atoms with Gasteiger partial charge < -0.3 is 14.8 Å². The summed E-state index contributed by atoms with van der Waals surface area (Å²) in [6, 6.07) is 12.1. The molecular weight excluding hydrogens is 349 g/mol. The summed E-state index contributed by atoms with van der Waals surface area (Å²) in [5, 5.41) is 3.52. The first-order valence-electron chi connectivity index (χ1n) is 7.69. The molecule has 0 saturated carbocycles. The predicted molar refractivity (Wildman–Crippen MR) is 97.4 cm³/mol. The number of halogens is 2. The summed E-state index contributed by atoms with van der Waals surface area (Å²) >= 11 is 11.7. The van der Waals surface area contributed by atoms with Gasteiger partial charge in [-0.05, 0) is 36.8 Å². The Hall–Kier alpha value is -1.91. The van der Waals surface area contributed by atoms with Gasteiger partial charge in [-0.15, -0.1) is 0 Å². The lowest BCUT2D eigenvalue weighted by molar-refractivity contribution is -0.118. The standard InChI is InChI=1S/C18H19Cl2NO3/c1-2-3-9-23-14-5-4-6-15(11-14)24-12-18(22)21-13-7-8-16(19)17(20)10-13/h4-8,10-11H,2-3,9,12H2,1H3,(H,21,22). The fourth-order valence-corrected chi connectivity index (χ4v) is 2.21. The van der Waals surface area contributed by atoms with Gasteiger partial charge in [0.25, 0.3) is 5.91 Å². The molecule has 24 heavy (non-hydrogen) atoms. The summed E-state index contributed by atoms with van der Waals surface area (Å²) in [6.45, 7) is 2.66. The van der Waals surface area contributed by atoms with E-state index in [2.05, 4.69) is 12.2 Å². The number of anilines is 1. The molecule has 2 aromatic rings. The zero-order chi connectivity index (χ0) is 17.4. The van der Waals surface area contributed by atoms with Crippen molar-refractivity contribution < 1.29 is 14.3 Å². The number of carbonyl (C=O) groups is 1. The Bertz CT molecular complexity index is 692. The van der Waals surface area contributed by atoms with Gasteiger partial charge in [0.2, 0.25) is 0 Å². The molecule has 0 aliphatic heterocycles. The molecule has 6 heteroatoms. The van der Waals surface area contributed by atoms with Gasteiger partial charge in [-0.25, -0.2) is 0 Å². The van der Waals surface area contributed by atoms with Crippen LogP contribution in [0.15, 0.2) is 42.5 Å². The van der Waals surface area contributed by atoms with E-state index in [4.69, 9.17) is 32.7 Å². The Kier molecular flexibility index (Phi) is 7.22. The predicted octanol–water partition coefficient (Wildman–Crippen LogP) is 5.19. The third kappa shape index (κ3) is 5.95. The number of unbranched alkanes of at least 4 members (excludes halogenated alkanes) is 1. The smallest absolute Gasteiger partial charge is 0.262 e. The highest BCUT2D eigenvalue weighted by Gasteiger charge is 2.06. The first kappa shape index (κ1) is 18.4. The Balaban J connectivity index is 1.84. The molecule has 4 nitrogen and oxygen atoms in total. The second-order valence-corrected chi connectivity index (χ2v) is 5.96. The van der Waals surface area contributed by atoms with Crippen molar-refractivity contribution in [3.8, 4) is 11.5 Å². The topological polar surface area (TPSA) is 47.6 Å². The second kappa shape index (κ2) is 9.40. The first-order chi connectivity index (χ1) is 11.6. The highest BCUT2D eigenvalue weighted by molar-refractivity contribution is 6.42. The minimum atomic E-state index is -0.286. The van der Waals surface area contributed by atoms with Crippen molar-refractivity contribution in [2.24, 2.45) is 0 Å². The summed E-state index contributed by atoms with van der Waals surface area (Å²) in [4.78, 5) is 11.9. The Morgan fingerprint density at radius 3 is 2.50 bits per heavy atom. The van der Waals surface area contributed by atoms with Gasteiger partial charge >= 0.3 is 0 Å². The van der Waals surface area contributed by atoms with Crippen molar-refractivity contribution in [3.05, 3.63) is 52.5 Å². The van der Waals surface area contributed by atoms with Crippen molar-refractivity contribution in [3.63, 3.8) is 0 Å². The zero-order valence-electron chi connectivity index (χ0n) is 13.4. The fourth-order valence-electron chi connectivity index (χ4n) is 1.91. The molecule has 0 spiro atoms. The van der Waals surface area contributed by atoms with Crippen molar-refractivity contribution in [1.82, 2.24) is 0 Å². The van der Waals surface area contributed by atoms with E-state index in [9.17, 15) is 4.79 Å². The van der Waals surface area contributed by atoms with Gasteiger partial charge in [0.15, 0.2) is 6.61 Å². The fraction of sp³-hybridized carbons (Fsp3) is 0.278. The van der Waals surface area contributed by atoms with Crippen molar-refractivity contribution in [1.29, 1.82) is 0 Å². The van der Waals surface area contributed by atoms with Crippen LogP contribution in [0, 0.1) is 0 Å². The molecule has 0 aliphatic carbocycles. The number of hydrogen-bond donors (Lipinski definition) is 1. The quantitative estimate of drug-likeness (QED) is 0.653. The third-order valence-electron chi connectivity index (χ3n) is 3.15. The van der Waals surface area contributed by atoms with E-state index in [0.717, 1.165) is 18.6 Å². The summed E-state index contributed by atoms with van der Waals surface area (Å²) in [7, 11) is 0. The maximum atomic E-state index is 11.9. The lowest BCUT2D eigenvalue weighted by Gasteiger charge is -2.10. The lowest BCUT2D eigenvalue weighted by Crippen LogP contribution is -2.20. The first-order valence-corrected chi connectivity index (χ1v) is 8.44. The largest absolute Gasteiger partial charge is 0.493 e. The second-order valence-electron chi connectivity index (χ2n) is 5.14. The Labute approximate surface area is 151 Å². The Morgan fingerprint density at radius 2 is 1.79 bits per heavy atom. The van der Waals surface area contributed by atoms with E-state index in [0.29, 0.717) is 28.1 Å². The van der Waals surface area contributed by atoms with Crippen LogP contribution < -0.4 is 14.8 Å². The summed E-state index contributed by atoms with van der Waals surface area (Å²) < 4.78 is 11.1. The van der Waals surface area contributed by atoms with E-state index in [1.807, 2.05) is 12.1 Å². The summed E-state index contributed by atoms with van der Waals surface area (Å²) in [6.07, 6.45) is 2.07. The summed E-state index contributed by atoms with van der Waals surface area (Å²) in [5.74, 6) is 1.02. The molecule has 0 heterocycles. The number of hydrogen-bond acceptors (Lipinski definition) is 3. The van der Waals surface area contributed by atoms with Crippen LogP contribution >= 0.6 is 23.2 Å². The van der Waals surface area contributed by atoms with Gasteiger partial charge in [0, 0.05) is 11.8 Å². The minimum absolute atomic E-state index is 0.112. The van der Waals surface area contributed by atoms with Crippen LogP contribution in [0.1, 0.15) is 19.8 Å². The molecule has 0 unspecified atom stereocenters. The molecule has 0 saturated heterocycles. The molecule has 2 aromatic carbocycles. The summed E-state index contributed by atoms with van der Waals surface area (Å²) in [5.41, 5.74) is 0.564.